The van der Waals surface area contributed by atoms with Crippen LogP contribution in [-0.4, -0.2) is 36.3 Å². The van der Waals surface area contributed by atoms with Gasteiger partial charge in [0.1, 0.15) is 0 Å². The zero-order valence-electron chi connectivity index (χ0n) is 10.2. The third-order valence-corrected chi connectivity index (χ3v) is 3.01. The van der Waals surface area contributed by atoms with Gasteiger partial charge in [0.2, 0.25) is 5.91 Å². The van der Waals surface area contributed by atoms with Gasteiger partial charge in [-0.25, -0.2) is 0 Å². The number of esters is 1. The Labute approximate surface area is 104 Å². The fourth-order valence-electron chi connectivity index (χ4n) is 2.12. The van der Waals surface area contributed by atoms with Gasteiger partial charge in [0.05, 0.1) is 7.11 Å². The van der Waals surface area contributed by atoms with Gasteiger partial charge < -0.3 is 4.74 Å². The van der Waals surface area contributed by atoms with E-state index in [9.17, 15) is 14.4 Å². The Balaban J connectivity index is 2.60. The van der Waals surface area contributed by atoms with E-state index in [-0.39, 0.29) is 12.5 Å². The molecule has 0 bridgehead atoms. The maximum Gasteiger partial charge on any atom is 0.322 e. The Morgan fingerprint density at radius 1 is 1.33 bits per heavy atom. The van der Waals surface area contributed by atoms with E-state index in [2.05, 4.69) is 4.74 Å². The highest BCUT2D eigenvalue weighted by atomic mass is 16.5. The molecule has 0 spiro atoms. The van der Waals surface area contributed by atoms with E-state index in [1.165, 1.54) is 7.11 Å². The maximum absolute atomic E-state index is 12.1. The summed E-state index contributed by atoms with van der Waals surface area (Å²) in [6.45, 7) is 1.93. The highest BCUT2D eigenvalue weighted by Crippen LogP contribution is 2.30. The van der Waals surface area contributed by atoms with E-state index < -0.39 is 17.8 Å². The number of likely N-dealkylation sites (N-methyl/N-ethyl adjacent to an activating group) is 1. The Morgan fingerprint density at radius 3 is 2.61 bits per heavy atom. The number of rotatable bonds is 2. The molecule has 1 aromatic carbocycles. The second kappa shape index (κ2) is 4.60. The van der Waals surface area contributed by atoms with Crippen LogP contribution in [-0.2, 0) is 14.3 Å². The van der Waals surface area contributed by atoms with Crippen molar-refractivity contribution in [1.82, 2.24) is 4.90 Å². The van der Waals surface area contributed by atoms with Crippen LogP contribution in [0.1, 0.15) is 28.8 Å². The summed E-state index contributed by atoms with van der Waals surface area (Å²) in [5.74, 6) is -2.56. The van der Waals surface area contributed by atoms with Crippen molar-refractivity contribution in [2.24, 2.45) is 0 Å². The normalized spacial score (nSPS) is 18.6. The number of ether oxygens (including phenoxy) is 1. The van der Waals surface area contributed by atoms with E-state index in [4.69, 9.17) is 0 Å². The molecule has 0 saturated heterocycles. The maximum atomic E-state index is 12.1. The van der Waals surface area contributed by atoms with Crippen LogP contribution in [0.15, 0.2) is 24.3 Å². The lowest BCUT2D eigenvalue weighted by Crippen LogP contribution is -2.47. The SMILES string of the molecule is CCN1C(=O)c2ccccc2C(C(=O)OC)C1=O. The topological polar surface area (TPSA) is 63.7 Å². The number of amides is 2. The van der Waals surface area contributed by atoms with Crippen molar-refractivity contribution >= 4 is 17.8 Å². The van der Waals surface area contributed by atoms with Crippen LogP contribution >= 0.6 is 0 Å². The number of nitrogens with zero attached hydrogens (tertiary/aromatic N) is 1. The molecule has 0 radical (unpaired) electrons. The second-order valence-electron chi connectivity index (χ2n) is 3.93. The lowest BCUT2D eigenvalue weighted by atomic mass is 9.88. The van der Waals surface area contributed by atoms with Gasteiger partial charge in [-0.1, -0.05) is 18.2 Å². The van der Waals surface area contributed by atoms with Gasteiger partial charge in [-0.15, -0.1) is 0 Å². The summed E-state index contributed by atoms with van der Waals surface area (Å²) in [6.07, 6.45) is 0. The Morgan fingerprint density at radius 2 is 2.00 bits per heavy atom. The first-order valence-electron chi connectivity index (χ1n) is 5.64. The van der Waals surface area contributed by atoms with Crippen molar-refractivity contribution in [3.8, 4) is 0 Å². The number of carbonyl (C=O) groups excluding carboxylic acids is 3. The van der Waals surface area contributed by atoms with Crippen molar-refractivity contribution in [2.75, 3.05) is 13.7 Å². The molecule has 5 heteroatoms. The standard InChI is InChI=1S/C13H13NO4/c1-3-14-11(15)9-7-5-4-6-8(9)10(12(14)16)13(17)18-2/h4-7,10H,3H2,1-2H3. The largest absolute Gasteiger partial charge is 0.468 e. The van der Waals surface area contributed by atoms with Crippen LogP contribution in [0, 0.1) is 0 Å². The Kier molecular flexibility index (Phi) is 3.14. The first kappa shape index (κ1) is 12.3. The highest BCUT2D eigenvalue weighted by molar-refractivity contribution is 6.17. The molecular formula is C13H13NO4. The van der Waals surface area contributed by atoms with Gasteiger partial charge in [-0.3, -0.25) is 19.3 Å². The van der Waals surface area contributed by atoms with Crippen molar-refractivity contribution in [3.63, 3.8) is 0 Å². The number of hydrogen-bond donors (Lipinski definition) is 0. The summed E-state index contributed by atoms with van der Waals surface area (Å²) in [6, 6.07) is 6.62. The zero-order chi connectivity index (χ0) is 13.3. The molecule has 1 heterocycles. The molecule has 0 aliphatic carbocycles. The summed E-state index contributed by atoms with van der Waals surface area (Å²) < 4.78 is 4.65. The van der Waals surface area contributed by atoms with Gasteiger partial charge >= 0.3 is 5.97 Å². The van der Waals surface area contributed by atoms with Gasteiger partial charge in [0.25, 0.3) is 5.91 Å². The number of benzene rings is 1. The third kappa shape index (κ3) is 1.68. The molecule has 0 fully saturated rings. The van der Waals surface area contributed by atoms with Gasteiger partial charge in [-0.05, 0) is 18.6 Å². The summed E-state index contributed by atoms with van der Waals surface area (Å²) in [5, 5.41) is 0. The van der Waals surface area contributed by atoms with Gasteiger partial charge in [0.15, 0.2) is 5.92 Å². The average molecular weight is 247 g/mol. The number of imide groups is 1. The molecule has 94 valence electrons. The average Bonchev–Trinajstić information content (AvgIpc) is 2.39. The summed E-state index contributed by atoms with van der Waals surface area (Å²) in [7, 11) is 1.23. The van der Waals surface area contributed by atoms with Crippen LogP contribution in [0.25, 0.3) is 0 Å². The lowest BCUT2D eigenvalue weighted by molar-refractivity contribution is -0.148. The quantitative estimate of drug-likeness (QED) is 0.443. The number of carbonyl (C=O) groups is 3. The summed E-state index contributed by atoms with van der Waals surface area (Å²) >= 11 is 0. The first-order chi connectivity index (χ1) is 8.61. The predicted octanol–water partition coefficient (Wildman–Crippen LogP) is 0.946. The monoisotopic (exact) mass is 247 g/mol. The number of methoxy groups -OCH3 is 1. The Bertz CT molecular complexity index is 523. The van der Waals surface area contributed by atoms with E-state index in [0.717, 1.165) is 4.90 Å². The van der Waals surface area contributed by atoms with Crippen molar-refractivity contribution in [1.29, 1.82) is 0 Å². The van der Waals surface area contributed by atoms with Crippen molar-refractivity contribution < 1.29 is 19.1 Å². The smallest absolute Gasteiger partial charge is 0.322 e. The van der Waals surface area contributed by atoms with E-state index in [1.807, 2.05) is 0 Å². The van der Waals surface area contributed by atoms with Crippen LogP contribution in [0.3, 0.4) is 0 Å². The van der Waals surface area contributed by atoms with Gasteiger partial charge in [0, 0.05) is 12.1 Å². The van der Waals surface area contributed by atoms with E-state index in [1.54, 1.807) is 31.2 Å². The minimum Gasteiger partial charge on any atom is -0.468 e. The fraction of sp³-hybridized carbons (Fsp3) is 0.308. The number of fused-ring (bicyclic) bond motifs is 1. The summed E-state index contributed by atoms with van der Waals surface area (Å²) in [4.78, 5) is 37.0. The molecule has 1 unspecified atom stereocenters. The van der Waals surface area contributed by atoms with Crippen LogP contribution < -0.4 is 0 Å². The lowest BCUT2D eigenvalue weighted by Gasteiger charge is -2.30. The molecule has 0 N–H and O–H groups in total. The summed E-state index contributed by atoms with van der Waals surface area (Å²) in [5.41, 5.74) is 0.804. The third-order valence-electron chi connectivity index (χ3n) is 3.01. The molecule has 5 nitrogen and oxygen atoms in total. The van der Waals surface area contributed by atoms with Crippen molar-refractivity contribution in [3.05, 3.63) is 35.4 Å². The molecule has 2 amide bonds. The zero-order valence-corrected chi connectivity index (χ0v) is 10.2. The van der Waals surface area contributed by atoms with Crippen LogP contribution in [0.2, 0.25) is 0 Å². The van der Waals surface area contributed by atoms with Crippen molar-refractivity contribution in [2.45, 2.75) is 12.8 Å². The molecule has 1 aromatic rings. The second-order valence-corrected chi connectivity index (χ2v) is 3.93. The minimum absolute atomic E-state index is 0.236. The molecule has 1 atom stereocenters. The molecule has 0 saturated carbocycles. The number of hydrogen-bond acceptors (Lipinski definition) is 4. The molecule has 1 aliphatic heterocycles. The van der Waals surface area contributed by atoms with E-state index >= 15 is 0 Å². The fourth-order valence-corrected chi connectivity index (χ4v) is 2.12. The minimum atomic E-state index is -1.04. The molecule has 18 heavy (non-hydrogen) atoms. The van der Waals surface area contributed by atoms with Crippen LogP contribution in [0.5, 0.6) is 0 Å². The van der Waals surface area contributed by atoms with Gasteiger partial charge in [-0.2, -0.15) is 0 Å². The van der Waals surface area contributed by atoms with E-state index in [0.29, 0.717) is 11.1 Å². The first-order valence-corrected chi connectivity index (χ1v) is 5.64. The molecule has 0 aromatic heterocycles. The Hall–Kier alpha value is -2.17. The highest BCUT2D eigenvalue weighted by Gasteiger charge is 2.42. The molecule has 2 rings (SSSR count). The predicted molar refractivity (Wildman–Crippen MR) is 62.9 cm³/mol. The van der Waals surface area contributed by atoms with Crippen LogP contribution in [0.4, 0.5) is 0 Å². The molecule has 1 aliphatic rings. The molecular weight excluding hydrogens is 234 g/mol.